The van der Waals surface area contributed by atoms with Crippen molar-refractivity contribution in [2.75, 3.05) is 25.5 Å². The molecule has 1 aromatic carbocycles. The highest BCUT2D eigenvalue weighted by molar-refractivity contribution is 8.01. The van der Waals surface area contributed by atoms with Crippen LogP contribution in [0.5, 0.6) is 5.75 Å². The molecule has 1 saturated carbocycles. The van der Waals surface area contributed by atoms with Crippen LogP contribution in [0.25, 0.3) is 0 Å². The highest BCUT2D eigenvalue weighted by atomic mass is 32.2. The highest BCUT2D eigenvalue weighted by Crippen LogP contribution is 2.43. The summed E-state index contributed by atoms with van der Waals surface area (Å²) in [5, 5.41) is 3.18. The number of nitrogens with zero attached hydrogens (tertiary/aromatic N) is 1. The standard InChI is InChI=1S/C22H28N2O4S/c25-20-14-29-22(23-20)10-3-11-24-19(22)12-27-16-8-6-15(7-9-16)17-4-1-2-5-18(17)28-13-21(24)26/h1-2,4-5,15-16,19H,3,6-14H2,(H,23,25)/t15?,16?,19-,22+/m0/s1. The Bertz CT molecular complexity index is 795. The van der Waals surface area contributed by atoms with Gasteiger partial charge in [-0.05, 0) is 56.1 Å². The summed E-state index contributed by atoms with van der Waals surface area (Å²) in [6, 6.07) is 7.98. The smallest absolute Gasteiger partial charge is 0.260 e. The molecule has 5 aliphatic rings. The molecule has 7 heteroatoms. The Morgan fingerprint density at radius 1 is 1.14 bits per heavy atom. The van der Waals surface area contributed by atoms with E-state index in [-0.39, 0.29) is 30.6 Å². The molecule has 2 saturated heterocycles. The van der Waals surface area contributed by atoms with E-state index in [2.05, 4.69) is 17.4 Å². The van der Waals surface area contributed by atoms with Crippen molar-refractivity contribution in [1.82, 2.24) is 10.2 Å². The van der Waals surface area contributed by atoms with Gasteiger partial charge in [-0.25, -0.2) is 0 Å². The van der Waals surface area contributed by atoms with Crippen LogP contribution in [0.15, 0.2) is 24.3 Å². The fourth-order valence-corrected chi connectivity index (χ4v) is 6.69. The molecule has 2 atom stereocenters. The first kappa shape index (κ1) is 19.2. The number of nitrogens with one attached hydrogen (secondary N) is 1. The number of carbonyl (C=O) groups excluding carboxylic acids is 2. The summed E-state index contributed by atoms with van der Waals surface area (Å²) in [5.41, 5.74) is 1.21. The Hall–Kier alpha value is -1.73. The number of ether oxygens (including phenoxy) is 2. The molecule has 2 amide bonds. The van der Waals surface area contributed by atoms with Crippen molar-refractivity contribution < 1.29 is 19.1 Å². The average molecular weight is 417 g/mol. The molecule has 1 N–H and O–H groups in total. The number of rotatable bonds is 0. The SMILES string of the molecule is O=C1CS[C@@]2(CCCN3C(=O)COc4ccccc4C4CCC(CC4)OC[C@H]32)N1. The molecule has 1 aliphatic carbocycles. The Morgan fingerprint density at radius 3 is 2.76 bits per heavy atom. The maximum Gasteiger partial charge on any atom is 0.260 e. The number of hydrogen-bond donors (Lipinski definition) is 1. The van der Waals surface area contributed by atoms with Gasteiger partial charge in [0.15, 0.2) is 6.61 Å². The number of fused-ring (bicyclic) bond motifs is 5. The molecule has 6 rings (SSSR count). The molecule has 1 spiro atoms. The first-order chi connectivity index (χ1) is 14.1. The van der Waals surface area contributed by atoms with Crippen molar-refractivity contribution in [2.45, 2.75) is 61.5 Å². The molecule has 4 heterocycles. The summed E-state index contributed by atoms with van der Waals surface area (Å²) in [7, 11) is 0. The van der Waals surface area contributed by atoms with E-state index in [0.717, 1.165) is 44.3 Å². The lowest BCUT2D eigenvalue weighted by atomic mass is 9.82. The zero-order valence-corrected chi connectivity index (χ0v) is 17.4. The van der Waals surface area contributed by atoms with Crippen LogP contribution in [0.3, 0.4) is 0 Å². The number of hydrogen-bond acceptors (Lipinski definition) is 5. The first-order valence-corrected chi connectivity index (χ1v) is 11.7. The third-order valence-corrected chi connectivity index (χ3v) is 8.37. The largest absolute Gasteiger partial charge is 0.483 e. The van der Waals surface area contributed by atoms with Crippen LogP contribution < -0.4 is 10.1 Å². The van der Waals surface area contributed by atoms with Crippen molar-refractivity contribution >= 4 is 23.6 Å². The summed E-state index contributed by atoms with van der Waals surface area (Å²) in [4.78, 5) is 26.7. The molecule has 1 aromatic rings. The molecular formula is C22H28N2O4S. The van der Waals surface area contributed by atoms with Crippen molar-refractivity contribution in [3.8, 4) is 5.75 Å². The van der Waals surface area contributed by atoms with Gasteiger partial charge in [-0.15, -0.1) is 11.8 Å². The number of amides is 2. The van der Waals surface area contributed by atoms with Crippen LogP contribution in [0.4, 0.5) is 0 Å². The second kappa shape index (κ2) is 7.84. The molecular weight excluding hydrogens is 388 g/mol. The minimum Gasteiger partial charge on any atom is -0.483 e. The molecule has 0 radical (unpaired) electrons. The van der Waals surface area contributed by atoms with E-state index in [1.54, 1.807) is 11.8 Å². The highest BCUT2D eigenvalue weighted by Gasteiger charge is 2.51. The van der Waals surface area contributed by atoms with Gasteiger partial charge in [0.2, 0.25) is 5.91 Å². The van der Waals surface area contributed by atoms with Gasteiger partial charge in [-0.3, -0.25) is 9.59 Å². The van der Waals surface area contributed by atoms with Gasteiger partial charge in [0, 0.05) is 6.54 Å². The van der Waals surface area contributed by atoms with E-state index in [1.807, 2.05) is 17.0 Å². The van der Waals surface area contributed by atoms with Crippen LogP contribution in [0.2, 0.25) is 0 Å². The average Bonchev–Trinajstić information content (AvgIpc) is 3.12. The number of benzene rings is 1. The van der Waals surface area contributed by atoms with Crippen LogP contribution in [-0.4, -0.2) is 59.2 Å². The molecule has 29 heavy (non-hydrogen) atoms. The lowest BCUT2D eigenvalue weighted by Gasteiger charge is -2.47. The second-order valence-corrected chi connectivity index (χ2v) is 9.87. The normalized spacial score (nSPS) is 35.0. The van der Waals surface area contributed by atoms with Crippen molar-refractivity contribution in [3.63, 3.8) is 0 Å². The minimum atomic E-state index is -0.430. The second-order valence-electron chi connectivity index (χ2n) is 8.57. The third kappa shape index (κ3) is 3.63. The van der Waals surface area contributed by atoms with Crippen LogP contribution >= 0.6 is 11.8 Å². The quantitative estimate of drug-likeness (QED) is 0.704. The topological polar surface area (TPSA) is 67.9 Å². The lowest BCUT2D eigenvalue weighted by Crippen LogP contribution is -2.64. The van der Waals surface area contributed by atoms with E-state index >= 15 is 0 Å². The Balaban J connectivity index is 1.46. The van der Waals surface area contributed by atoms with E-state index in [9.17, 15) is 9.59 Å². The zero-order valence-electron chi connectivity index (χ0n) is 16.6. The van der Waals surface area contributed by atoms with E-state index in [4.69, 9.17) is 9.47 Å². The zero-order chi connectivity index (χ0) is 19.8. The van der Waals surface area contributed by atoms with Crippen molar-refractivity contribution in [3.05, 3.63) is 29.8 Å². The van der Waals surface area contributed by atoms with Crippen LogP contribution in [0.1, 0.15) is 50.0 Å². The molecule has 156 valence electrons. The molecule has 0 aromatic heterocycles. The molecule has 3 fully saturated rings. The number of piperidine rings is 1. The van der Waals surface area contributed by atoms with Crippen molar-refractivity contribution in [1.29, 1.82) is 0 Å². The molecule has 4 aliphatic heterocycles. The Labute approximate surface area is 175 Å². The number of carbonyl (C=O) groups is 2. The first-order valence-electron chi connectivity index (χ1n) is 10.7. The van der Waals surface area contributed by atoms with Gasteiger partial charge < -0.3 is 19.7 Å². The monoisotopic (exact) mass is 416 g/mol. The number of para-hydroxylation sites is 1. The van der Waals surface area contributed by atoms with Crippen molar-refractivity contribution in [2.24, 2.45) is 0 Å². The van der Waals surface area contributed by atoms with Gasteiger partial charge in [0.25, 0.3) is 5.91 Å². The van der Waals surface area contributed by atoms with Gasteiger partial charge >= 0.3 is 0 Å². The minimum absolute atomic E-state index is 0.0261. The fourth-order valence-electron chi connectivity index (χ4n) is 5.37. The molecule has 2 bridgehead atoms. The maximum absolute atomic E-state index is 13.2. The van der Waals surface area contributed by atoms with E-state index in [0.29, 0.717) is 24.8 Å². The molecule has 0 unspecified atom stereocenters. The van der Waals surface area contributed by atoms with Crippen LogP contribution in [0, 0.1) is 0 Å². The Morgan fingerprint density at radius 2 is 1.97 bits per heavy atom. The lowest BCUT2D eigenvalue weighted by molar-refractivity contribution is -0.142. The predicted molar refractivity (Wildman–Crippen MR) is 111 cm³/mol. The van der Waals surface area contributed by atoms with E-state index in [1.165, 1.54) is 5.56 Å². The summed E-state index contributed by atoms with van der Waals surface area (Å²) < 4.78 is 12.4. The van der Waals surface area contributed by atoms with Gasteiger partial charge in [-0.1, -0.05) is 18.2 Å². The summed E-state index contributed by atoms with van der Waals surface area (Å²) >= 11 is 1.63. The summed E-state index contributed by atoms with van der Waals surface area (Å²) in [6.45, 7) is 1.18. The van der Waals surface area contributed by atoms with Gasteiger partial charge in [-0.2, -0.15) is 0 Å². The van der Waals surface area contributed by atoms with Gasteiger partial charge in [0.1, 0.15) is 10.6 Å². The van der Waals surface area contributed by atoms with Gasteiger partial charge in [0.05, 0.1) is 24.5 Å². The predicted octanol–water partition coefficient (Wildman–Crippen LogP) is 2.67. The number of thioether (sulfide) groups is 1. The summed E-state index contributed by atoms with van der Waals surface area (Å²) in [5.74, 6) is 1.77. The Kier molecular flexibility index (Phi) is 5.20. The fraction of sp³-hybridized carbons (Fsp3) is 0.636. The van der Waals surface area contributed by atoms with Crippen LogP contribution in [-0.2, 0) is 14.3 Å². The summed E-state index contributed by atoms with van der Waals surface area (Å²) in [6.07, 6.45) is 6.15. The third-order valence-electron chi connectivity index (χ3n) is 6.87. The molecule has 6 nitrogen and oxygen atoms in total. The maximum atomic E-state index is 13.2. The van der Waals surface area contributed by atoms with E-state index < -0.39 is 4.87 Å².